The van der Waals surface area contributed by atoms with Gasteiger partial charge in [0.1, 0.15) is 16.5 Å². The van der Waals surface area contributed by atoms with Gasteiger partial charge in [-0.05, 0) is 31.0 Å². The Morgan fingerprint density at radius 3 is 3.13 bits per heavy atom. The van der Waals surface area contributed by atoms with E-state index in [1.807, 2.05) is 12.1 Å². The van der Waals surface area contributed by atoms with Gasteiger partial charge in [0.25, 0.3) is 0 Å². The van der Waals surface area contributed by atoms with E-state index in [0.717, 1.165) is 53.8 Å². The Balaban J connectivity index is 1.71. The van der Waals surface area contributed by atoms with E-state index in [1.165, 1.54) is 0 Å². The van der Waals surface area contributed by atoms with Crippen molar-refractivity contribution in [3.8, 4) is 11.5 Å². The Morgan fingerprint density at radius 1 is 1.39 bits per heavy atom. The quantitative estimate of drug-likeness (QED) is 0.878. The summed E-state index contributed by atoms with van der Waals surface area (Å²) in [5, 5.41) is 6.70. The van der Waals surface area contributed by atoms with Gasteiger partial charge in [0.2, 0.25) is 0 Å². The van der Waals surface area contributed by atoms with Crippen LogP contribution in [0.2, 0.25) is 0 Å². The van der Waals surface area contributed by atoms with Crippen LogP contribution in [0.4, 0.5) is 0 Å². The molecule has 0 amide bonds. The van der Waals surface area contributed by atoms with Crippen LogP contribution in [0, 0.1) is 0 Å². The maximum Gasteiger partial charge on any atom is 0.124 e. The first-order valence-electron chi connectivity index (χ1n) is 7.76. The monoisotopic (exact) mass is 334 g/mol. The molecule has 1 aliphatic heterocycles. The number of aromatic nitrogens is 1. The van der Waals surface area contributed by atoms with Crippen molar-refractivity contribution in [3.63, 3.8) is 0 Å². The van der Waals surface area contributed by atoms with Crippen LogP contribution in [0.1, 0.15) is 35.1 Å². The number of fused-ring (bicyclic) bond motifs is 1. The molecule has 6 heteroatoms. The molecule has 0 fully saturated rings. The highest BCUT2D eigenvalue weighted by molar-refractivity contribution is 7.09. The van der Waals surface area contributed by atoms with Gasteiger partial charge in [-0.15, -0.1) is 11.3 Å². The summed E-state index contributed by atoms with van der Waals surface area (Å²) in [4.78, 5) is 4.57. The number of rotatable bonds is 6. The van der Waals surface area contributed by atoms with Crippen LogP contribution in [0.15, 0.2) is 23.6 Å². The number of nitrogens with one attached hydrogen (secondary N) is 1. The molecule has 1 unspecified atom stereocenters. The zero-order chi connectivity index (χ0) is 16.1. The summed E-state index contributed by atoms with van der Waals surface area (Å²) >= 11 is 1.64. The number of nitrogens with zero attached hydrogens (tertiary/aromatic N) is 1. The molecule has 1 atom stereocenters. The van der Waals surface area contributed by atoms with Gasteiger partial charge in [-0.1, -0.05) is 0 Å². The van der Waals surface area contributed by atoms with Gasteiger partial charge in [-0.3, -0.25) is 0 Å². The number of methoxy groups -OCH3 is 2. The van der Waals surface area contributed by atoms with Gasteiger partial charge < -0.3 is 19.5 Å². The van der Waals surface area contributed by atoms with E-state index in [9.17, 15) is 0 Å². The van der Waals surface area contributed by atoms with E-state index < -0.39 is 0 Å². The summed E-state index contributed by atoms with van der Waals surface area (Å²) in [5.74, 6) is 1.80. The van der Waals surface area contributed by atoms with Gasteiger partial charge in [-0.2, -0.15) is 0 Å². The van der Waals surface area contributed by atoms with Gasteiger partial charge in [0, 0.05) is 30.6 Å². The van der Waals surface area contributed by atoms with Crippen molar-refractivity contribution in [2.24, 2.45) is 0 Å². The molecule has 0 radical (unpaired) electrons. The predicted molar refractivity (Wildman–Crippen MR) is 90.1 cm³/mol. The molecule has 0 aliphatic carbocycles. The summed E-state index contributed by atoms with van der Waals surface area (Å²) in [7, 11) is 3.38. The molecule has 1 aromatic heterocycles. The summed E-state index contributed by atoms with van der Waals surface area (Å²) in [6.07, 6.45) is 2.07. The average molecular weight is 334 g/mol. The lowest BCUT2D eigenvalue weighted by molar-refractivity contribution is 0.184. The first-order valence-corrected chi connectivity index (χ1v) is 8.64. The molecule has 1 aliphatic rings. The molecule has 0 bridgehead atoms. The third-order valence-corrected chi connectivity index (χ3v) is 4.75. The van der Waals surface area contributed by atoms with Crippen LogP contribution in [0.25, 0.3) is 0 Å². The van der Waals surface area contributed by atoms with Gasteiger partial charge in [-0.25, -0.2) is 4.98 Å². The van der Waals surface area contributed by atoms with E-state index >= 15 is 0 Å². The van der Waals surface area contributed by atoms with Crippen molar-refractivity contribution in [2.75, 3.05) is 20.8 Å². The zero-order valence-corrected chi connectivity index (χ0v) is 14.3. The molecular formula is C17H22N2O3S. The lowest BCUT2D eigenvalue weighted by Crippen LogP contribution is -2.21. The van der Waals surface area contributed by atoms with Crippen molar-refractivity contribution in [1.29, 1.82) is 0 Å². The van der Waals surface area contributed by atoms with Crippen LogP contribution in [0.5, 0.6) is 11.5 Å². The lowest BCUT2D eigenvalue weighted by atomic mass is 10.0. The molecular weight excluding hydrogens is 312 g/mol. The zero-order valence-electron chi connectivity index (χ0n) is 13.5. The number of ether oxygens (including phenoxy) is 3. The topological polar surface area (TPSA) is 52.6 Å². The maximum atomic E-state index is 5.84. The maximum absolute atomic E-state index is 5.84. The second-order valence-corrected chi connectivity index (χ2v) is 6.44. The largest absolute Gasteiger partial charge is 0.497 e. The molecule has 124 valence electrons. The minimum absolute atomic E-state index is 0.246. The molecule has 0 spiro atoms. The Labute approximate surface area is 140 Å². The Bertz CT molecular complexity index is 645. The van der Waals surface area contributed by atoms with E-state index in [0.29, 0.717) is 6.61 Å². The van der Waals surface area contributed by atoms with Crippen LogP contribution >= 0.6 is 11.3 Å². The van der Waals surface area contributed by atoms with Crippen molar-refractivity contribution in [2.45, 2.75) is 32.0 Å². The van der Waals surface area contributed by atoms with Crippen LogP contribution in [-0.4, -0.2) is 25.8 Å². The fourth-order valence-corrected chi connectivity index (χ4v) is 3.51. The molecule has 0 saturated heterocycles. The van der Waals surface area contributed by atoms with Crippen molar-refractivity contribution < 1.29 is 14.2 Å². The third kappa shape index (κ3) is 4.02. The Hall–Kier alpha value is -1.63. The standard InChI is InChI=1S/C17H22N2O3S/c1-20-10-17-19-12(11-23-17)9-18-15-4-3-7-22-16-6-5-13(21-2)8-14(15)16/h5-6,8,11,15,18H,3-4,7,9-10H2,1-2H3. The highest BCUT2D eigenvalue weighted by Gasteiger charge is 2.20. The fourth-order valence-electron chi connectivity index (χ4n) is 2.74. The van der Waals surface area contributed by atoms with Crippen LogP contribution < -0.4 is 14.8 Å². The van der Waals surface area contributed by atoms with Crippen molar-refractivity contribution >= 4 is 11.3 Å². The van der Waals surface area contributed by atoms with E-state index in [2.05, 4.69) is 21.7 Å². The molecule has 5 nitrogen and oxygen atoms in total. The van der Waals surface area contributed by atoms with Crippen LogP contribution in [0.3, 0.4) is 0 Å². The number of thiazole rings is 1. The lowest BCUT2D eigenvalue weighted by Gasteiger charge is -2.18. The first-order chi connectivity index (χ1) is 11.3. The third-order valence-electron chi connectivity index (χ3n) is 3.88. The molecule has 0 saturated carbocycles. The summed E-state index contributed by atoms with van der Waals surface area (Å²) in [6, 6.07) is 6.25. The normalized spacial score (nSPS) is 17.2. The Morgan fingerprint density at radius 2 is 2.30 bits per heavy atom. The van der Waals surface area contributed by atoms with Gasteiger partial charge >= 0.3 is 0 Å². The summed E-state index contributed by atoms with van der Waals surface area (Å²) in [5.41, 5.74) is 2.21. The van der Waals surface area contributed by atoms with Crippen molar-refractivity contribution in [3.05, 3.63) is 39.8 Å². The predicted octanol–water partition coefficient (Wildman–Crippen LogP) is 3.30. The fraction of sp³-hybridized carbons (Fsp3) is 0.471. The number of hydrogen-bond donors (Lipinski definition) is 1. The van der Waals surface area contributed by atoms with E-state index in [4.69, 9.17) is 14.2 Å². The first kappa shape index (κ1) is 16.2. The summed E-state index contributed by atoms with van der Waals surface area (Å²) in [6.45, 7) is 2.07. The highest BCUT2D eigenvalue weighted by atomic mass is 32.1. The highest BCUT2D eigenvalue weighted by Crippen LogP contribution is 2.34. The molecule has 1 aromatic carbocycles. The Kier molecular flexibility index (Phi) is 5.48. The summed E-state index contributed by atoms with van der Waals surface area (Å²) < 4.78 is 16.3. The molecule has 2 heterocycles. The number of benzene rings is 1. The molecule has 3 rings (SSSR count). The van der Waals surface area contributed by atoms with Gasteiger partial charge in [0.05, 0.1) is 26.0 Å². The molecule has 2 aromatic rings. The minimum atomic E-state index is 0.246. The minimum Gasteiger partial charge on any atom is -0.497 e. The van der Waals surface area contributed by atoms with E-state index in [1.54, 1.807) is 25.6 Å². The smallest absolute Gasteiger partial charge is 0.124 e. The SMILES string of the molecule is COCc1nc(CNC2CCCOc3ccc(OC)cc32)cs1. The second-order valence-electron chi connectivity index (χ2n) is 5.49. The van der Waals surface area contributed by atoms with E-state index in [-0.39, 0.29) is 6.04 Å². The average Bonchev–Trinajstić information content (AvgIpc) is 2.92. The van der Waals surface area contributed by atoms with Crippen LogP contribution in [-0.2, 0) is 17.9 Å². The number of hydrogen-bond acceptors (Lipinski definition) is 6. The van der Waals surface area contributed by atoms with Gasteiger partial charge in [0.15, 0.2) is 0 Å². The molecule has 23 heavy (non-hydrogen) atoms. The van der Waals surface area contributed by atoms with Crippen molar-refractivity contribution in [1.82, 2.24) is 10.3 Å². The second kappa shape index (κ2) is 7.77. The molecule has 1 N–H and O–H groups in total.